The summed E-state index contributed by atoms with van der Waals surface area (Å²) >= 11 is 0. The molecular formula is C16H26N2O2. The van der Waals surface area contributed by atoms with Gasteiger partial charge in [0.05, 0.1) is 11.7 Å². The Bertz CT molecular complexity index is 415. The molecule has 1 heterocycles. The van der Waals surface area contributed by atoms with E-state index in [1.807, 2.05) is 6.92 Å². The predicted molar refractivity (Wildman–Crippen MR) is 80.4 cm³/mol. The smallest absolute Gasteiger partial charge is 0.0943 e. The van der Waals surface area contributed by atoms with Gasteiger partial charge in [-0.3, -0.25) is 4.98 Å². The van der Waals surface area contributed by atoms with Gasteiger partial charge in [-0.15, -0.1) is 0 Å². The number of aliphatic hydroxyl groups is 1. The topological polar surface area (TPSA) is 68.4 Å². The first-order valence-electron chi connectivity index (χ1n) is 7.68. The molecule has 0 aliphatic heterocycles. The molecule has 3 N–H and O–H groups in total. The number of nitrogens with zero attached hydrogens (tertiary/aromatic N) is 1. The highest BCUT2D eigenvalue weighted by Crippen LogP contribution is 2.35. The number of aliphatic hydroxyl groups excluding tert-OH is 1. The first kappa shape index (κ1) is 15.3. The summed E-state index contributed by atoms with van der Waals surface area (Å²) in [7, 11) is 0. The Morgan fingerprint density at radius 3 is 2.65 bits per heavy atom. The maximum absolute atomic E-state index is 10.8. The predicted octanol–water partition coefficient (Wildman–Crippen LogP) is 2.70. The van der Waals surface area contributed by atoms with E-state index in [1.165, 1.54) is 12.8 Å². The second-order valence-electron chi connectivity index (χ2n) is 5.71. The standard InChI is InChI=1S/C16H26N2O2/c1-2-20-16(8-5-3-4-6-9-16)15(19)11-13-12-18-10-7-14(13)17/h7,10,12,15,19H,2-6,8-9,11H2,1H3,(H2,17,18). The molecule has 1 aromatic rings. The molecule has 4 heteroatoms. The Morgan fingerprint density at radius 2 is 2.05 bits per heavy atom. The molecule has 0 amide bonds. The molecule has 1 saturated carbocycles. The molecular weight excluding hydrogens is 252 g/mol. The van der Waals surface area contributed by atoms with Gasteiger partial charge in [-0.25, -0.2) is 0 Å². The quantitative estimate of drug-likeness (QED) is 0.813. The summed E-state index contributed by atoms with van der Waals surface area (Å²) in [6.45, 7) is 2.64. The Hall–Kier alpha value is -1.13. The Kier molecular flexibility index (Phi) is 5.38. The largest absolute Gasteiger partial charge is 0.398 e. The lowest BCUT2D eigenvalue weighted by atomic mass is 9.84. The van der Waals surface area contributed by atoms with Gasteiger partial charge >= 0.3 is 0 Å². The van der Waals surface area contributed by atoms with Crippen LogP contribution in [0.15, 0.2) is 18.5 Å². The van der Waals surface area contributed by atoms with Crippen molar-refractivity contribution in [3.63, 3.8) is 0 Å². The van der Waals surface area contributed by atoms with Crippen molar-refractivity contribution in [3.8, 4) is 0 Å². The van der Waals surface area contributed by atoms with Crippen molar-refractivity contribution in [3.05, 3.63) is 24.0 Å². The number of hydrogen-bond donors (Lipinski definition) is 2. The van der Waals surface area contributed by atoms with Gasteiger partial charge in [0.2, 0.25) is 0 Å². The van der Waals surface area contributed by atoms with E-state index in [1.54, 1.807) is 18.5 Å². The molecule has 4 nitrogen and oxygen atoms in total. The molecule has 1 unspecified atom stereocenters. The molecule has 112 valence electrons. The first-order valence-corrected chi connectivity index (χ1v) is 7.68. The molecule has 0 radical (unpaired) electrons. The monoisotopic (exact) mass is 278 g/mol. The fourth-order valence-corrected chi connectivity index (χ4v) is 3.19. The van der Waals surface area contributed by atoms with Crippen molar-refractivity contribution in [1.29, 1.82) is 0 Å². The van der Waals surface area contributed by atoms with Gasteiger partial charge in [-0.2, -0.15) is 0 Å². The third kappa shape index (κ3) is 3.49. The SMILES string of the molecule is CCOC1(C(O)Cc2cnccc2N)CCCCCC1. The van der Waals surface area contributed by atoms with Gasteiger partial charge in [-0.05, 0) is 31.4 Å². The van der Waals surface area contributed by atoms with Crippen LogP contribution in [0.4, 0.5) is 5.69 Å². The molecule has 0 saturated heterocycles. The number of anilines is 1. The third-order valence-corrected chi connectivity index (χ3v) is 4.34. The van der Waals surface area contributed by atoms with Crippen LogP contribution in [0.5, 0.6) is 0 Å². The van der Waals surface area contributed by atoms with Crippen LogP contribution in [-0.2, 0) is 11.2 Å². The van der Waals surface area contributed by atoms with Crippen molar-refractivity contribution in [2.24, 2.45) is 0 Å². The summed E-state index contributed by atoms with van der Waals surface area (Å²) in [5.74, 6) is 0. The molecule has 0 aromatic carbocycles. The van der Waals surface area contributed by atoms with Crippen molar-refractivity contribution < 1.29 is 9.84 Å². The Morgan fingerprint density at radius 1 is 1.35 bits per heavy atom. The summed E-state index contributed by atoms with van der Waals surface area (Å²) in [6, 6.07) is 1.78. The van der Waals surface area contributed by atoms with E-state index >= 15 is 0 Å². The minimum Gasteiger partial charge on any atom is -0.398 e. The van der Waals surface area contributed by atoms with E-state index in [9.17, 15) is 5.11 Å². The first-order chi connectivity index (χ1) is 9.68. The van der Waals surface area contributed by atoms with Gasteiger partial charge in [0.1, 0.15) is 0 Å². The van der Waals surface area contributed by atoms with Crippen LogP contribution in [-0.4, -0.2) is 28.4 Å². The van der Waals surface area contributed by atoms with Gasteiger partial charge < -0.3 is 15.6 Å². The lowest BCUT2D eigenvalue weighted by molar-refractivity contribution is -0.128. The van der Waals surface area contributed by atoms with Crippen LogP contribution < -0.4 is 5.73 Å². The summed E-state index contributed by atoms with van der Waals surface area (Å²) in [5, 5.41) is 10.8. The van der Waals surface area contributed by atoms with Gasteiger partial charge in [0, 0.05) is 31.1 Å². The van der Waals surface area contributed by atoms with Gasteiger partial charge in [0.15, 0.2) is 0 Å². The Balaban J connectivity index is 2.14. The average molecular weight is 278 g/mol. The summed E-state index contributed by atoms with van der Waals surface area (Å²) < 4.78 is 6.01. The zero-order chi connectivity index (χ0) is 14.4. The van der Waals surface area contributed by atoms with Crippen LogP contribution in [0.1, 0.15) is 51.0 Å². The Labute approximate surface area is 121 Å². The molecule has 0 spiro atoms. The number of nitrogen functional groups attached to an aromatic ring is 1. The van der Waals surface area contributed by atoms with Gasteiger partial charge in [0.25, 0.3) is 0 Å². The highest BCUT2D eigenvalue weighted by Gasteiger charge is 2.39. The molecule has 1 atom stereocenters. The minimum atomic E-state index is -0.521. The van der Waals surface area contributed by atoms with Crippen molar-refractivity contribution in [2.45, 2.75) is 63.6 Å². The zero-order valence-electron chi connectivity index (χ0n) is 12.3. The molecule has 1 aliphatic carbocycles. The van der Waals surface area contributed by atoms with Crippen LogP contribution in [0.3, 0.4) is 0 Å². The van der Waals surface area contributed by atoms with Crippen LogP contribution in [0.25, 0.3) is 0 Å². The minimum absolute atomic E-state index is 0.409. The second-order valence-corrected chi connectivity index (χ2v) is 5.71. The number of aromatic nitrogens is 1. The van der Waals surface area contributed by atoms with E-state index in [4.69, 9.17) is 10.5 Å². The highest BCUT2D eigenvalue weighted by molar-refractivity contribution is 5.44. The van der Waals surface area contributed by atoms with Crippen molar-refractivity contribution >= 4 is 5.69 Å². The lowest BCUT2D eigenvalue weighted by Gasteiger charge is -2.37. The molecule has 0 bridgehead atoms. The highest BCUT2D eigenvalue weighted by atomic mass is 16.5. The second kappa shape index (κ2) is 7.04. The van der Waals surface area contributed by atoms with E-state index in [0.717, 1.165) is 31.2 Å². The van der Waals surface area contributed by atoms with E-state index in [2.05, 4.69) is 4.98 Å². The molecule has 20 heavy (non-hydrogen) atoms. The molecule has 2 rings (SSSR count). The van der Waals surface area contributed by atoms with E-state index in [-0.39, 0.29) is 0 Å². The van der Waals surface area contributed by atoms with Gasteiger partial charge in [-0.1, -0.05) is 25.7 Å². The molecule has 1 fully saturated rings. The number of ether oxygens (including phenoxy) is 1. The summed E-state index contributed by atoms with van der Waals surface area (Å²) in [5.41, 5.74) is 7.14. The van der Waals surface area contributed by atoms with Crippen LogP contribution in [0, 0.1) is 0 Å². The maximum atomic E-state index is 10.8. The van der Waals surface area contributed by atoms with Crippen LogP contribution >= 0.6 is 0 Å². The average Bonchev–Trinajstić information content (AvgIpc) is 2.68. The van der Waals surface area contributed by atoms with Crippen LogP contribution in [0.2, 0.25) is 0 Å². The van der Waals surface area contributed by atoms with E-state index < -0.39 is 11.7 Å². The normalized spacial score (nSPS) is 20.3. The van der Waals surface area contributed by atoms with Crippen molar-refractivity contribution in [1.82, 2.24) is 4.98 Å². The number of hydrogen-bond acceptors (Lipinski definition) is 4. The maximum Gasteiger partial charge on any atom is 0.0943 e. The fourth-order valence-electron chi connectivity index (χ4n) is 3.19. The molecule has 1 aromatic heterocycles. The zero-order valence-corrected chi connectivity index (χ0v) is 12.3. The number of rotatable bonds is 5. The lowest BCUT2D eigenvalue weighted by Crippen LogP contribution is -2.46. The fraction of sp³-hybridized carbons (Fsp3) is 0.688. The summed E-state index contributed by atoms with van der Waals surface area (Å²) in [4.78, 5) is 4.10. The van der Waals surface area contributed by atoms with E-state index in [0.29, 0.717) is 18.7 Å². The van der Waals surface area contributed by atoms with Crippen molar-refractivity contribution in [2.75, 3.05) is 12.3 Å². The number of nitrogens with two attached hydrogens (primary N) is 1. The third-order valence-electron chi connectivity index (χ3n) is 4.34. The molecule has 1 aliphatic rings. The number of pyridine rings is 1. The summed E-state index contributed by atoms with van der Waals surface area (Å²) in [6.07, 6.45) is 9.99.